The summed E-state index contributed by atoms with van der Waals surface area (Å²) in [5.41, 5.74) is 12.6. The molecule has 0 aromatic carbocycles. The van der Waals surface area contributed by atoms with Crippen LogP contribution < -0.4 is 11.5 Å². The minimum Gasteiger partial charge on any atom is -0.329 e. The van der Waals surface area contributed by atoms with Gasteiger partial charge in [-0.25, -0.2) is 0 Å². The Labute approximate surface area is 65.6 Å². The van der Waals surface area contributed by atoms with Crippen LogP contribution in [0.1, 0.15) is 17.4 Å². The van der Waals surface area contributed by atoms with Gasteiger partial charge in [-0.05, 0) is 6.92 Å². The molecule has 1 rings (SSSR count). The molecule has 0 amide bonds. The lowest BCUT2D eigenvalue weighted by molar-refractivity contribution is 0.701. The molecule has 0 aliphatic carbocycles. The Balaban J connectivity index is 2.86. The first-order chi connectivity index (χ1) is 5.24. The van der Waals surface area contributed by atoms with Gasteiger partial charge in [0.15, 0.2) is 0 Å². The number of aromatic nitrogens is 2. The van der Waals surface area contributed by atoms with Gasteiger partial charge in [0.2, 0.25) is 0 Å². The third-order valence-corrected chi connectivity index (χ3v) is 1.41. The molecule has 0 saturated carbocycles. The molecule has 1 unspecified atom stereocenters. The van der Waals surface area contributed by atoms with E-state index in [9.17, 15) is 0 Å². The number of hydrogen-bond donors (Lipinski definition) is 2. The van der Waals surface area contributed by atoms with E-state index in [1.54, 1.807) is 12.4 Å². The van der Waals surface area contributed by atoms with Gasteiger partial charge < -0.3 is 11.5 Å². The van der Waals surface area contributed by atoms with E-state index in [4.69, 9.17) is 11.5 Å². The summed E-state index contributed by atoms with van der Waals surface area (Å²) in [7, 11) is 0. The molecule has 0 spiro atoms. The van der Waals surface area contributed by atoms with Gasteiger partial charge in [-0.1, -0.05) is 0 Å². The molecular weight excluding hydrogens is 140 g/mol. The summed E-state index contributed by atoms with van der Waals surface area (Å²) in [5, 5.41) is 0. The zero-order valence-electron chi connectivity index (χ0n) is 6.49. The smallest absolute Gasteiger partial charge is 0.0769 e. The summed E-state index contributed by atoms with van der Waals surface area (Å²) < 4.78 is 0. The summed E-state index contributed by atoms with van der Waals surface area (Å²) in [5.74, 6) is 0. The first kappa shape index (κ1) is 8.10. The topological polar surface area (TPSA) is 77.8 Å². The summed E-state index contributed by atoms with van der Waals surface area (Å²) >= 11 is 0. The quantitative estimate of drug-likeness (QED) is 0.612. The minimum atomic E-state index is -0.192. The van der Waals surface area contributed by atoms with Gasteiger partial charge in [-0.3, -0.25) is 9.97 Å². The lowest BCUT2D eigenvalue weighted by Crippen LogP contribution is -2.22. The standard InChI is InChI=1S/C7H12N4/c1-5-3-10-4-7(11-5)6(9)2-8/h3-4,6H,2,8-9H2,1H3. The molecule has 1 atom stereocenters. The van der Waals surface area contributed by atoms with Crippen molar-refractivity contribution in [3.63, 3.8) is 0 Å². The fourth-order valence-corrected chi connectivity index (χ4v) is 0.782. The van der Waals surface area contributed by atoms with E-state index in [2.05, 4.69) is 9.97 Å². The van der Waals surface area contributed by atoms with Crippen LogP contribution in [0.2, 0.25) is 0 Å². The number of aryl methyl sites for hydroxylation is 1. The summed E-state index contributed by atoms with van der Waals surface area (Å²) in [6.45, 7) is 2.28. The van der Waals surface area contributed by atoms with Crippen molar-refractivity contribution in [2.75, 3.05) is 6.54 Å². The predicted octanol–water partition coefficient (Wildman–Crippen LogP) is -0.256. The van der Waals surface area contributed by atoms with Gasteiger partial charge in [-0.2, -0.15) is 0 Å². The molecule has 0 bridgehead atoms. The molecule has 1 aromatic rings. The normalized spacial score (nSPS) is 13.0. The molecule has 11 heavy (non-hydrogen) atoms. The molecule has 0 aliphatic rings. The average molecular weight is 152 g/mol. The Hall–Kier alpha value is -1.00. The molecule has 1 heterocycles. The average Bonchev–Trinajstić information content (AvgIpc) is 2.03. The lowest BCUT2D eigenvalue weighted by atomic mass is 10.2. The fourth-order valence-electron chi connectivity index (χ4n) is 0.782. The summed E-state index contributed by atoms with van der Waals surface area (Å²) in [6.07, 6.45) is 3.33. The largest absolute Gasteiger partial charge is 0.329 e. The SMILES string of the molecule is Cc1cncc(C(N)CN)n1. The summed E-state index contributed by atoms with van der Waals surface area (Å²) in [4.78, 5) is 8.13. The van der Waals surface area contributed by atoms with Crippen LogP contribution in [0.3, 0.4) is 0 Å². The Kier molecular flexibility index (Phi) is 2.51. The van der Waals surface area contributed by atoms with E-state index in [0.29, 0.717) is 6.54 Å². The van der Waals surface area contributed by atoms with E-state index in [1.165, 1.54) is 0 Å². The lowest BCUT2D eigenvalue weighted by Gasteiger charge is -2.06. The van der Waals surface area contributed by atoms with Crippen molar-refractivity contribution in [3.8, 4) is 0 Å². The van der Waals surface area contributed by atoms with E-state index < -0.39 is 0 Å². The highest BCUT2D eigenvalue weighted by Crippen LogP contribution is 2.03. The second kappa shape index (κ2) is 3.41. The zero-order chi connectivity index (χ0) is 8.27. The van der Waals surface area contributed by atoms with Crippen molar-refractivity contribution in [2.45, 2.75) is 13.0 Å². The molecule has 0 fully saturated rings. The third kappa shape index (κ3) is 1.96. The van der Waals surface area contributed by atoms with Gasteiger partial charge in [0, 0.05) is 12.7 Å². The second-order valence-electron chi connectivity index (χ2n) is 2.43. The Bertz CT molecular complexity index is 236. The molecule has 4 N–H and O–H groups in total. The van der Waals surface area contributed by atoms with Gasteiger partial charge in [-0.15, -0.1) is 0 Å². The maximum Gasteiger partial charge on any atom is 0.0769 e. The highest BCUT2D eigenvalue weighted by molar-refractivity contribution is 5.05. The van der Waals surface area contributed by atoms with Crippen molar-refractivity contribution in [1.82, 2.24) is 9.97 Å². The first-order valence-electron chi connectivity index (χ1n) is 3.48. The van der Waals surface area contributed by atoms with Crippen LogP contribution >= 0.6 is 0 Å². The Morgan fingerprint density at radius 2 is 2.27 bits per heavy atom. The molecule has 1 aromatic heterocycles. The van der Waals surface area contributed by atoms with Crippen LogP contribution in [0.25, 0.3) is 0 Å². The van der Waals surface area contributed by atoms with Crippen LogP contribution in [0.5, 0.6) is 0 Å². The molecular formula is C7H12N4. The third-order valence-electron chi connectivity index (χ3n) is 1.41. The summed E-state index contributed by atoms with van der Waals surface area (Å²) in [6, 6.07) is -0.192. The van der Waals surface area contributed by atoms with Crippen LogP contribution in [0.4, 0.5) is 0 Å². The second-order valence-corrected chi connectivity index (χ2v) is 2.43. The van der Waals surface area contributed by atoms with Crippen LogP contribution in [-0.2, 0) is 0 Å². The van der Waals surface area contributed by atoms with Crippen molar-refractivity contribution in [3.05, 3.63) is 23.8 Å². The van der Waals surface area contributed by atoms with Gasteiger partial charge in [0.1, 0.15) is 0 Å². The molecule has 0 radical (unpaired) electrons. The van der Waals surface area contributed by atoms with Crippen molar-refractivity contribution >= 4 is 0 Å². The van der Waals surface area contributed by atoms with Crippen molar-refractivity contribution in [2.24, 2.45) is 11.5 Å². The number of rotatable bonds is 2. The predicted molar refractivity (Wildman–Crippen MR) is 42.8 cm³/mol. The minimum absolute atomic E-state index is 0.192. The molecule has 0 aliphatic heterocycles. The van der Waals surface area contributed by atoms with Gasteiger partial charge >= 0.3 is 0 Å². The van der Waals surface area contributed by atoms with E-state index in [1.807, 2.05) is 6.92 Å². The zero-order valence-corrected chi connectivity index (χ0v) is 6.49. The fraction of sp³-hybridized carbons (Fsp3) is 0.429. The highest BCUT2D eigenvalue weighted by atomic mass is 14.9. The van der Waals surface area contributed by atoms with Crippen LogP contribution in [0.15, 0.2) is 12.4 Å². The molecule has 60 valence electrons. The molecule has 4 heteroatoms. The number of nitrogens with two attached hydrogens (primary N) is 2. The highest BCUT2D eigenvalue weighted by Gasteiger charge is 2.04. The maximum atomic E-state index is 5.64. The molecule has 4 nitrogen and oxygen atoms in total. The van der Waals surface area contributed by atoms with Gasteiger partial charge in [0.25, 0.3) is 0 Å². The van der Waals surface area contributed by atoms with E-state index >= 15 is 0 Å². The van der Waals surface area contributed by atoms with E-state index in [-0.39, 0.29) is 6.04 Å². The Morgan fingerprint density at radius 3 is 2.82 bits per heavy atom. The van der Waals surface area contributed by atoms with Crippen molar-refractivity contribution in [1.29, 1.82) is 0 Å². The maximum absolute atomic E-state index is 5.64. The monoisotopic (exact) mass is 152 g/mol. The van der Waals surface area contributed by atoms with Crippen LogP contribution in [-0.4, -0.2) is 16.5 Å². The Morgan fingerprint density at radius 1 is 1.55 bits per heavy atom. The van der Waals surface area contributed by atoms with Gasteiger partial charge in [0.05, 0.1) is 23.6 Å². The number of hydrogen-bond acceptors (Lipinski definition) is 4. The van der Waals surface area contributed by atoms with E-state index in [0.717, 1.165) is 11.4 Å². The first-order valence-corrected chi connectivity index (χ1v) is 3.48. The number of nitrogens with zero attached hydrogens (tertiary/aromatic N) is 2. The molecule has 0 saturated heterocycles. The van der Waals surface area contributed by atoms with Crippen molar-refractivity contribution < 1.29 is 0 Å². The van der Waals surface area contributed by atoms with Crippen LogP contribution in [0, 0.1) is 6.92 Å².